The maximum Gasteiger partial charge on any atom is 0.269 e. The van der Waals surface area contributed by atoms with E-state index >= 15 is 0 Å². The van der Waals surface area contributed by atoms with Crippen molar-refractivity contribution in [1.29, 1.82) is 0 Å². The summed E-state index contributed by atoms with van der Waals surface area (Å²) in [5.74, 6) is 0.727. The maximum absolute atomic E-state index is 14.6. The van der Waals surface area contributed by atoms with Gasteiger partial charge in [-0.15, -0.1) is 0 Å². The molecule has 35 heavy (non-hydrogen) atoms. The molecular formula is C25H32FN7O2. The molecule has 0 unspecified atom stereocenters. The molecule has 7 rings (SSSR count). The van der Waals surface area contributed by atoms with Crippen LogP contribution in [0.25, 0.3) is 0 Å². The summed E-state index contributed by atoms with van der Waals surface area (Å²) < 4.78 is 14.6. The number of amides is 1. The van der Waals surface area contributed by atoms with E-state index in [1.165, 1.54) is 7.05 Å². The molecule has 5 aliphatic rings. The van der Waals surface area contributed by atoms with Crippen LogP contribution in [0, 0.1) is 5.95 Å². The minimum Gasteiger partial charge on any atom is -0.368 e. The average Bonchev–Trinajstić information content (AvgIpc) is 3.42. The first kappa shape index (κ1) is 22.5. The molecule has 1 saturated carbocycles. The fourth-order valence-electron chi connectivity index (χ4n) is 6.61. The van der Waals surface area contributed by atoms with Crippen molar-refractivity contribution < 1.29 is 9.18 Å². The summed E-state index contributed by atoms with van der Waals surface area (Å²) in [5, 5.41) is 2.47. The highest BCUT2D eigenvalue weighted by Crippen LogP contribution is 2.53. The monoisotopic (exact) mass is 481 g/mol. The molecule has 1 amide bonds. The molecule has 0 radical (unpaired) electrons. The summed E-state index contributed by atoms with van der Waals surface area (Å²) in [4.78, 5) is 43.2. The molecule has 9 nitrogen and oxygen atoms in total. The molecule has 4 fully saturated rings. The van der Waals surface area contributed by atoms with Gasteiger partial charge in [0.2, 0.25) is 5.95 Å². The Labute approximate surface area is 203 Å². The van der Waals surface area contributed by atoms with E-state index in [-0.39, 0.29) is 16.7 Å². The summed E-state index contributed by atoms with van der Waals surface area (Å²) >= 11 is 0. The summed E-state index contributed by atoms with van der Waals surface area (Å²) in [6, 6.07) is 4.20. The van der Waals surface area contributed by atoms with E-state index in [9.17, 15) is 14.0 Å². The zero-order valence-corrected chi connectivity index (χ0v) is 20.3. The number of piperidine rings is 1. The maximum atomic E-state index is 14.6. The number of carbonyl (C=O) groups excluding carboxylic acids is 1. The highest BCUT2D eigenvalue weighted by atomic mass is 19.1. The summed E-state index contributed by atoms with van der Waals surface area (Å²) in [6.45, 7) is 3.35. The van der Waals surface area contributed by atoms with Gasteiger partial charge in [-0.3, -0.25) is 14.5 Å². The first-order chi connectivity index (χ1) is 16.9. The van der Waals surface area contributed by atoms with Gasteiger partial charge in [-0.25, -0.2) is 9.97 Å². The second-order valence-corrected chi connectivity index (χ2v) is 10.6. The Morgan fingerprint density at radius 3 is 2.66 bits per heavy atom. The van der Waals surface area contributed by atoms with Crippen LogP contribution < -0.4 is 20.7 Å². The highest BCUT2D eigenvalue weighted by molar-refractivity contribution is 5.92. The third-order valence-corrected chi connectivity index (χ3v) is 8.55. The second-order valence-electron chi connectivity index (χ2n) is 10.6. The van der Waals surface area contributed by atoms with Crippen molar-refractivity contribution in [2.24, 2.45) is 0 Å². The molecule has 0 atom stereocenters. The van der Waals surface area contributed by atoms with Crippen LogP contribution in [0.15, 0.2) is 16.9 Å². The molecule has 0 spiro atoms. The lowest BCUT2D eigenvalue weighted by molar-refractivity contribution is 0.0957. The molecule has 186 valence electrons. The Morgan fingerprint density at radius 1 is 1.17 bits per heavy atom. The zero-order valence-electron chi connectivity index (χ0n) is 20.3. The predicted octanol–water partition coefficient (Wildman–Crippen LogP) is 1.43. The molecule has 2 aromatic heterocycles. The number of nitrogens with one attached hydrogen (secondary N) is 2. The lowest BCUT2D eigenvalue weighted by Crippen LogP contribution is -2.46. The van der Waals surface area contributed by atoms with Crippen LogP contribution in [0.1, 0.15) is 54.0 Å². The molecule has 3 saturated heterocycles. The predicted molar refractivity (Wildman–Crippen MR) is 131 cm³/mol. The second kappa shape index (κ2) is 8.29. The standard InChI is InChI=1S/C25H32FN7O2/c1-27-23(35)18-5-6-19(20(26)28-18)32-10-7-15(8-11-32)33-14-25(12-16(33)13-25)24-29-21-17(22(34)30-24)4-3-9-31(21)2/h5-6,15-16H,3-4,7-14H2,1-2H3,(H,27,35)(H,29,30,34). The third-order valence-electron chi connectivity index (χ3n) is 8.55. The van der Waals surface area contributed by atoms with Crippen LogP contribution in [-0.2, 0) is 11.8 Å². The number of pyridine rings is 1. The Balaban J connectivity index is 1.13. The van der Waals surface area contributed by atoms with Crippen LogP contribution in [0.5, 0.6) is 0 Å². The number of fused-ring (bicyclic) bond motifs is 2. The topological polar surface area (TPSA) is 97.5 Å². The van der Waals surface area contributed by atoms with E-state index in [0.717, 1.165) is 81.9 Å². The molecule has 2 bridgehead atoms. The number of anilines is 2. The SMILES string of the molecule is CNC(=O)c1ccc(N2CCC(N3CC4(c5nc6c(c(=O)[nH]5)CCCN6C)CC3C4)CC2)c(F)n1. The first-order valence-corrected chi connectivity index (χ1v) is 12.6. The van der Waals surface area contributed by atoms with Crippen LogP contribution in [-0.4, -0.2) is 78.1 Å². The van der Waals surface area contributed by atoms with E-state index in [0.29, 0.717) is 17.8 Å². The Hall–Kier alpha value is -3.01. The van der Waals surface area contributed by atoms with Gasteiger partial charge >= 0.3 is 0 Å². The van der Waals surface area contributed by atoms with Crippen molar-refractivity contribution in [3.63, 3.8) is 0 Å². The molecular weight excluding hydrogens is 449 g/mol. The van der Waals surface area contributed by atoms with Gasteiger partial charge in [0.15, 0.2) is 0 Å². The number of halogens is 1. The number of hydrogen-bond donors (Lipinski definition) is 2. The lowest BCUT2D eigenvalue weighted by Gasteiger charge is -2.40. The molecule has 10 heteroatoms. The van der Waals surface area contributed by atoms with Crippen LogP contribution >= 0.6 is 0 Å². The van der Waals surface area contributed by atoms with E-state index in [2.05, 4.69) is 25.1 Å². The lowest BCUT2D eigenvalue weighted by atomic mass is 9.69. The molecule has 2 aromatic rings. The minimum atomic E-state index is -0.598. The quantitative estimate of drug-likeness (QED) is 0.638. The van der Waals surface area contributed by atoms with Gasteiger partial charge in [-0.05, 0) is 50.7 Å². The first-order valence-electron chi connectivity index (χ1n) is 12.6. The van der Waals surface area contributed by atoms with Crippen molar-refractivity contribution in [1.82, 2.24) is 25.2 Å². The van der Waals surface area contributed by atoms with E-state index < -0.39 is 11.9 Å². The van der Waals surface area contributed by atoms with Crippen molar-refractivity contribution in [2.45, 2.75) is 56.0 Å². The zero-order chi connectivity index (χ0) is 24.3. The Morgan fingerprint density at radius 2 is 1.94 bits per heavy atom. The number of aromatic nitrogens is 3. The fourth-order valence-corrected chi connectivity index (χ4v) is 6.61. The van der Waals surface area contributed by atoms with Gasteiger partial charge in [0.25, 0.3) is 11.5 Å². The van der Waals surface area contributed by atoms with Gasteiger partial charge < -0.3 is 20.1 Å². The van der Waals surface area contributed by atoms with Crippen LogP contribution in [0.2, 0.25) is 0 Å². The van der Waals surface area contributed by atoms with Crippen molar-refractivity contribution in [3.05, 3.63) is 45.5 Å². The Kier molecular flexibility index (Phi) is 5.32. The Bertz CT molecular complexity index is 1220. The molecule has 2 N–H and O–H groups in total. The molecule has 6 heterocycles. The molecule has 1 aliphatic carbocycles. The van der Waals surface area contributed by atoms with Gasteiger partial charge in [0, 0.05) is 57.8 Å². The minimum absolute atomic E-state index is 0.0270. The van der Waals surface area contributed by atoms with Crippen molar-refractivity contribution in [3.8, 4) is 0 Å². The third kappa shape index (κ3) is 3.61. The van der Waals surface area contributed by atoms with Gasteiger partial charge in [-0.2, -0.15) is 4.39 Å². The number of nitrogens with zero attached hydrogens (tertiary/aromatic N) is 5. The summed E-state index contributed by atoms with van der Waals surface area (Å²) in [6.07, 6.45) is 5.76. The number of aromatic amines is 1. The van der Waals surface area contributed by atoms with Gasteiger partial charge in [0.1, 0.15) is 17.3 Å². The number of H-pyrrole nitrogens is 1. The normalized spacial score (nSPS) is 26.4. The summed E-state index contributed by atoms with van der Waals surface area (Å²) in [7, 11) is 3.53. The van der Waals surface area contributed by atoms with E-state index in [1.54, 1.807) is 12.1 Å². The average molecular weight is 482 g/mol. The highest BCUT2D eigenvalue weighted by Gasteiger charge is 2.59. The van der Waals surface area contributed by atoms with E-state index in [4.69, 9.17) is 4.98 Å². The number of carbonyl (C=O) groups is 1. The number of hydrogen-bond acceptors (Lipinski definition) is 7. The van der Waals surface area contributed by atoms with Gasteiger partial charge in [0.05, 0.1) is 11.3 Å². The molecule has 4 aliphatic heterocycles. The van der Waals surface area contributed by atoms with E-state index in [1.807, 2.05) is 11.9 Å². The van der Waals surface area contributed by atoms with Crippen LogP contribution in [0.4, 0.5) is 15.9 Å². The number of rotatable bonds is 4. The van der Waals surface area contributed by atoms with Crippen LogP contribution in [0.3, 0.4) is 0 Å². The smallest absolute Gasteiger partial charge is 0.269 e. The largest absolute Gasteiger partial charge is 0.368 e. The summed E-state index contributed by atoms with van der Waals surface area (Å²) in [5.41, 5.74) is 1.34. The van der Waals surface area contributed by atoms with Crippen molar-refractivity contribution in [2.75, 3.05) is 50.1 Å². The van der Waals surface area contributed by atoms with Crippen molar-refractivity contribution >= 4 is 17.4 Å². The molecule has 0 aromatic carbocycles. The van der Waals surface area contributed by atoms with Gasteiger partial charge in [-0.1, -0.05) is 0 Å². The fraction of sp³-hybridized carbons (Fsp3) is 0.600.